The number of carbonyl (C=O) groups excluding carboxylic acids is 1. The van der Waals surface area contributed by atoms with Gasteiger partial charge in [0.25, 0.3) is 0 Å². The molecule has 0 radical (unpaired) electrons. The smallest absolute Gasteiger partial charge is 0.315 e. The molecule has 1 aromatic heterocycles. The fourth-order valence-corrected chi connectivity index (χ4v) is 3.96. The van der Waals surface area contributed by atoms with Crippen molar-refractivity contribution in [3.05, 3.63) is 17.5 Å². The monoisotopic (exact) mass is 320 g/mol. The van der Waals surface area contributed by atoms with Crippen LogP contribution in [0, 0.1) is 12.3 Å². The first-order chi connectivity index (χ1) is 11.2. The molecular weight excluding hydrogens is 292 g/mol. The zero-order valence-electron chi connectivity index (χ0n) is 14.2. The fourth-order valence-electron chi connectivity index (χ4n) is 3.96. The van der Waals surface area contributed by atoms with E-state index in [0.29, 0.717) is 12.6 Å². The van der Waals surface area contributed by atoms with Gasteiger partial charge in [-0.05, 0) is 51.5 Å². The number of aryl methyl sites for hydroxylation is 2. The molecule has 0 aromatic carbocycles. The number of aromatic amines is 1. The molecule has 0 bridgehead atoms. The molecule has 3 N–H and O–H groups in total. The van der Waals surface area contributed by atoms with Gasteiger partial charge in [0.1, 0.15) is 0 Å². The lowest BCUT2D eigenvalue weighted by Gasteiger charge is -2.60. The molecule has 128 valence electrons. The van der Waals surface area contributed by atoms with Crippen LogP contribution in [0.4, 0.5) is 4.79 Å². The number of H-pyrrole nitrogens is 1. The van der Waals surface area contributed by atoms with Gasteiger partial charge in [0.2, 0.25) is 0 Å². The van der Waals surface area contributed by atoms with Crippen LogP contribution in [0.1, 0.15) is 50.3 Å². The number of urea groups is 1. The quantitative estimate of drug-likeness (QED) is 0.675. The maximum Gasteiger partial charge on any atom is 0.315 e. The Morgan fingerprint density at radius 2 is 2.35 bits per heavy atom. The second kappa shape index (κ2) is 6.91. The van der Waals surface area contributed by atoms with Crippen molar-refractivity contribution in [3.63, 3.8) is 0 Å². The van der Waals surface area contributed by atoms with Crippen molar-refractivity contribution in [1.29, 1.82) is 0 Å². The van der Waals surface area contributed by atoms with Gasteiger partial charge in [-0.15, -0.1) is 0 Å². The summed E-state index contributed by atoms with van der Waals surface area (Å²) in [4.78, 5) is 12.1. The van der Waals surface area contributed by atoms with Crippen molar-refractivity contribution < 1.29 is 9.53 Å². The van der Waals surface area contributed by atoms with Crippen LogP contribution in [0.25, 0.3) is 0 Å². The molecule has 23 heavy (non-hydrogen) atoms. The molecular formula is C17H28N4O2. The van der Waals surface area contributed by atoms with Crippen molar-refractivity contribution >= 4 is 6.03 Å². The van der Waals surface area contributed by atoms with Crippen molar-refractivity contribution in [3.8, 4) is 0 Å². The van der Waals surface area contributed by atoms with Crippen molar-refractivity contribution in [1.82, 2.24) is 20.8 Å². The third-order valence-corrected chi connectivity index (χ3v) is 5.59. The van der Waals surface area contributed by atoms with Crippen LogP contribution in [-0.4, -0.2) is 41.5 Å². The number of aromatic nitrogens is 2. The van der Waals surface area contributed by atoms with Gasteiger partial charge < -0.3 is 15.4 Å². The summed E-state index contributed by atoms with van der Waals surface area (Å²) in [5.41, 5.74) is 2.55. The zero-order valence-corrected chi connectivity index (χ0v) is 14.2. The highest BCUT2D eigenvalue weighted by atomic mass is 16.5. The van der Waals surface area contributed by atoms with E-state index in [9.17, 15) is 4.79 Å². The Balaban J connectivity index is 1.36. The number of nitrogens with zero attached hydrogens (tertiary/aromatic N) is 1. The maximum atomic E-state index is 12.1. The summed E-state index contributed by atoms with van der Waals surface area (Å²) in [6.45, 7) is 5.51. The topological polar surface area (TPSA) is 79.0 Å². The van der Waals surface area contributed by atoms with E-state index in [-0.39, 0.29) is 17.5 Å². The van der Waals surface area contributed by atoms with Gasteiger partial charge in [0.15, 0.2) is 0 Å². The number of hydrogen-bond donors (Lipinski definition) is 3. The highest BCUT2D eigenvalue weighted by Crippen LogP contribution is 2.57. The van der Waals surface area contributed by atoms with E-state index in [1.54, 1.807) is 0 Å². The summed E-state index contributed by atoms with van der Waals surface area (Å²) < 4.78 is 5.82. The lowest BCUT2D eigenvalue weighted by Crippen LogP contribution is -2.68. The van der Waals surface area contributed by atoms with E-state index in [0.717, 1.165) is 31.6 Å². The molecule has 2 saturated carbocycles. The molecule has 0 aliphatic heterocycles. The molecule has 6 nitrogen and oxygen atoms in total. The Morgan fingerprint density at radius 1 is 1.52 bits per heavy atom. The normalized spacial score (nSPS) is 24.8. The summed E-state index contributed by atoms with van der Waals surface area (Å²) >= 11 is 0. The number of nitrogens with one attached hydrogen (secondary N) is 3. The van der Waals surface area contributed by atoms with E-state index in [1.807, 2.05) is 20.0 Å². The Kier molecular flexibility index (Phi) is 4.90. The summed E-state index contributed by atoms with van der Waals surface area (Å²) in [5.74, 6) is 0. The van der Waals surface area contributed by atoms with Crippen LogP contribution < -0.4 is 10.6 Å². The zero-order chi connectivity index (χ0) is 16.3. The predicted octanol–water partition coefficient (Wildman–Crippen LogP) is 2.30. The van der Waals surface area contributed by atoms with Crippen LogP contribution in [0.15, 0.2) is 6.20 Å². The lowest BCUT2D eigenvalue weighted by atomic mass is 9.51. The van der Waals surface area contributed by atoms with Crippen molar-refractivity contribution in [2.24, 2.45) is 5.41 Å². The third-order valence-electron chi connectivity index (χ3n) is 5.59. The summed E-state index contributed by atoms with van der Waals surface area (Å²) in [7, 11) is 0. The van der Waals surface area contributed by atoms with Crippen LogP contribution in [0.5, 0.6) is 0 Å². The first kappa shape index (κ1) is 16.3. The molecule has 2 fully saturated rings. The van der Waals surface area contributed by atoms with Gasteiger partial charge >= 0.3 is 6.03 Å². The van der Waals surface area contributed by atoms with Crippen LogP contribution in [-0.2, 0) is 11.2 Å². The molecule has 1 heterocycles. The van der Waals surface area contributed by atoms with Gasteiger partial charge in [0, 0.05) is 30.3 Å². The summed E-state index contributed by atoms with van der Waals surface area (Å²) in [5, 5.41) is 13.1. The summed E-state index contributed by atoms with van der Waals surface area (Å²) in [6, 6.07) is 0.240. The number of ether oxygens (including phenoxy) is 1. The summed E-state index contributed by atoms with van der Waals surface area (Å²) in [6.07, 6.45) is 8.63. The van der Waals surface area contributed by atoms with Crippen LogP contribution in [0.3, 0.4) is 0 Å². The molecule has 2 amide bonds. The Hall–Kier alpha value is -1.56. The molecule has 0 unspecified atom stereocenters. The second-order valence-corrected chi connectivity index (χ2v) is 6.84. The van der Waals surface area contributed by atoms with E-state index < -0.39 is 0 Å². The highest BCUT2D eigenvalue weighted by Gasteiger charge is 2.59. The second-order valence-electron chi connectivity index (χ2n) is 6.84. The highest BCUT2D eigenvalue weighted by molar-refractivity contribution is 5.74. The van der Waals surface area contributed by atoms with Crippen LogP contribution >= 0.6 is 0 Å². The van der Waals surface area contributed by atoms with E-state index in [2.05, 4.69) is 20.8 Å². The number of carbonyl (C=O) groups is 1. The molecule has 2 aliphatic rings. The lowest BCUT2D eigenvalue weighted by molar-refractivity contribution is -0.169. The SMILES string of the molecule is CCO[C@@H]1C[C@@H](NC(=O)NCCCc2cn[nH]c2C)C12CCC2. The molecule has 2 aliphatic carbocycles. The number of hydrogen-bond acceptors (Lipinski definition) is 3. The average molecular weight is 320 g/mol. The molecule has 2 atom stereocenters. The van der Waals surface area contributed by atoms with Gasteiger partial charge in [-0.1, -0.05) is 6.42 Å². The number of amides is 2. The fraction of sp³-hybridized carbons (Fsp3) is 0.765. The average Bonchev–Trinajstić information content (AvgIpc) is 2.86. The molecule has 1 spiro atoms. The Labute approximate surface area is 137 Å². The minimum absolute atomic E-state index is 0.0415. The van der Waals surface area contributed by atoms with Crippen LogP contribution in [0.2, 0.25) is 0 Å². The molecule has 0 saturated heterocycles. The Morgan fingerprint density at radius 3 is 2.96 bits per heavy atom. The molecule has 3 rings (SSSR count). The predicted molar refractivity (Wildman–Crippen MR) is 88.3 cm³/mol. The van der Waals surface area contributed by atoms with Crippen molar-refractivity contribution in [2.75, 3.05) is 13.2 Å². The number of rotatable bonds is 7. The Bertz CT molecular complexity index is 538. The minimum atomic E-state index is -0.0415. The molecule has 1 aromatic rings. The minimum Gasteiger partial charge on any atom is -0.378 e. The van der Waals surface area contributed by atoms with Crippen molar-refractivity contribution in [2.45, 2.75) is 64.5 Å². The largest absolute Gasteiger partial charge is 0.378 e. The van der Waals surface area contributed by atoms with E-state index in [4.69, 9.17) is 4.74 Å². The third kappa shape index (κ3) is 3.22. The van der Waals surface area contributed by atoms with Gasteiger partial charge in [-0.2, -0.15) is 5.10 Å². The van der Waals surface area contributed by atoms with Gasteiger partial charge in [-0.3, -0.25) is 5.10 Å². The standard InChI is InChI=1S/C17H28N4O2/c1-3-23-15-10-14(17(15)7-5-8-17)20-16(22)18-9-4-6-13-11-19-21-12(13)2/h11,14-15H,3-10H2,1-2H3,(H,19,21)(H2,18,20,22)/t14-,15-/m1/s1. The maximum absolute atomic E-state index is 12.1. The van der Waals surface area contributed by atoms with Gasteiger partial charge in [0.05, 0.1) is 12.3 Å². The van der Waals surface area contributed by atoms with E-state index in [1.165, 1.54) is 24.8 Å². The first-order valence-electron chi connectivity index (χ1n) is 8.80. The molecule has 6 heteroatoms. The van der Waals surface area contributed by atoms with Gasteiger partial charge in [-0.25, -0.2) is 4.79 Å². The van der Waals surface area contributed by atoms with E-state index >= 15 is 0 Å². The first-order valence-corrected chi connectivity index (χ1v) is 8.80.